The molecule has 0 radical (unpaired) electrons. The summed E-state index contributed by atoms with van der Waals surface area (Å²) in [7, 11) is 0. The molecule has 0 spiro atoms. The van der Waals surface area contributed by atoms with Gasteiger partial charge in [-0.25, -0.2) is 4.39 Å². The number of nitrogens with zero attached hydrogens (tertiary/aromatic N) is 2. The van der Waals surface area contributed by atoms with Crippen molar-refractivity contribution in [3.05, 3.63) is 58.6 Å². The average Bonchev–Trinajstić information content (AvgIpc) is 2.79. The number of pyridine rings is 1. The highest BCUT2D eigenvalue weighted by Gasteiger charge is 2.14. The van der Waals surface area contributed by atoms with Gasteiger partial charge in [-0.2, -0.15) is 4.98 Å². The average molecular weight is 335 g/mol. The molecule has 0 fully saturated rings. The Morgan fingerprint density at radius 1 is 1.30 bits per heavy atom. The number of fused-ring (bicyclic) bond motifs is 1. The van der Waals surface area contributed by atoms with Crippen LogP contribution in [0.5, 0.6) is 11.6 Å². The number of halogens is 2. The van der Waals surface area contributed by atoms with Crippen LogP contribution in [0.3, 0.4) is 0 Å². The number of carbonyl (C=O) groups excluding carboxylic acids is 1. The Kier molecular flexibility index (Phi) is 3.23. The van der Waals surface area contributed by atoms with Crippen molar-refractivity contribution in [2.45, 2.75) is 0 Å². The van der Waals surface area contributed by atoms with Gasteiger partial charge in [-0.05, 0) is 46.3 Å². The van der Waals surface area contributed by atoms with Gasteiger partial charge in [0.05, 0.1) is 4.47 Å². The van der Waals surface area contributed by atoms with Crippen LogP contribution < -0.4 is 4.74 Å². The van der Waals surface area contributed by atoms with E-state index in [0.717, 1.165) is 0 Å². The number of hydrogen-bond acceptors (Lipinski definition) is 3. The molecule has 100 valence electrons. The number of benzene rings is 1. The van der Waals surface area contributed by atoms with Crippen molar-refractivity contribution >= 4 is 27.9 Å². The summed E-state index contributed by atoms with van der Waals surface area (Å²) in [4.78, 5) is 15.5. The minimum absolute atomic E-state index is 0.179. The maximum absolute atomic E-state index is 13.0. The van der Waals surface area contributed by atoms with E-state index in [0.29, 0.717) is 27.8 Å². The van der Waals surface area contributed by atoms with E-state index in [1.54, 1.807) is 22.7 Å². The van der Waals surface area contributed by atoms with Crippen LogP contribution in [0.15, 0.2) is 47.1 Å². The van der Waals surface area contributed by atoms with E-state index in [1.165, 1.54) is 18.2 Å². The molecule has 0 aliphatic heterocycles. The lowest BCUT2D eigenvalue weighted by Gasteiger charge is -2.05. The first-order valence-electron chi connectivity index (χ1n) is 5.74. The number of aromatic nitrogens is 2. The van der Waals surface area contributed by atoms with E-state index in [-0.39, 0.29) is 11.7 Å². The quantitative estimate of drug-likeness (QED) is 0.683. The van der Waals surface area contributed by atoms with Gasteiger partial charge in [0.25, 0.3) is 0 Å². The molecule has 0 atom stereocenters. The molecule has 0 N–H and O–H groups in total. The molecule has 0 bridgehead atoms. The number of ether oxygens (including phenoxy) is 1. The molecule has 0 unspecified atom stereocenters. The van der Waals surface area contributed by atoms with Crippen molar-refractivity contribution in [3.63, 3.8) is 0 Å². The summed E-state index contributed by atoms with van der Waals surface area (Å²) < 4.78 is 20.7. The molecular weight excluding hydrogens is 327 g/mol. The largest absolute Gasteiger partial charge is 0.436 e. The van der Waals surface area contributed by atoms with Gasteiger partial charge < -0.3 is 4.74 Å². The van der Waals surface area contributed by atoms with Crippen LogP contribution >= 0.6 is 15.9 Å². The standard InChI is InChI=1S/C14H8BrFN2O2/c15-10-7-9(16)4-5-12(10)20-14-11(8-19)18-6-2-1-3-13(18)17-14/h1-8H. The second kappa shape index (κ2) is 5.05. The maximum atomic E-state index is 13.0. The number of hydrogen-bond donors (Lipinski definition) is 0. The molecule has 3 rings (SSSR count). The molecule has 0 amide bonds. The third kappa shape index (κ3) is 2.18. The first kappa shape index (κ1) is 12.8. The summed E-state index contributed by atoms with van der Waals surface area (Å²) >= 11 is 3.21. The molecular formula is C14H8BrFN2O2. The van der Waals surface area contributed by atoms with Gasteiger partial charge in [0, 0.05) is 6.20 Å². The van der Waals surface area contributed by atoms with Gasteiger partial charge in [0.2, 0.25) is 5.88 Å². The zero-order chi connectivity index (χ0) is 14.1. The van der Waals surface area contributed by atoms with Crippen molar-refractivity contribution in [2.75, 3.05) is 0 Å². The molecule has 6 heteroatoms. The minimum atomic E-state index is -0.380. The molecule has 0 saturated heterocycles. The van der Waals surface area contributed by atoms with Gasteiger partial charge >= 0.3 is 0 Å². The summed E-state index contributed by atoms with van der Waals surface area (Å²) in [5.74, 6) is 0.186. The van der Waals surface area contributed by atoms with Crippen LogP contribution in [0.25, 0.3) is 5.65 Å². The Hall–Kier alpha value is -2.21. The highest BCUT2D eigenvalue weighted by atomic mass is 79.9. The van der Waals surface area contributed by atoms with Gasteiger partial charge in [-0.15, -0.1) is 0 Å². The Labute approximate surface area is 121 Å². The number of aldehydes is 1. The van der Waals surface area contributed by atoms with Crippen LogP contribution in [0.2, 0.25) is 0 Å². The molecule has 4 nitrogen and oxygen atoms in total. The van der Waals surface area contributed by atoms with Crippen LogP contribution in [-0.2, 0) is 0 Å². The van der Waals surface area contributed by atoms with E-state index in [1.807, 2.05) is 6.07 Å². The Bertz CT molecular complexity index is 801. The van der Waals surface area contributed by atoms with Crippen molar-refractivity contribution in [1.29, 1.82) is 0 Å². The third-order valence-corrected chi connectivity index (χ3v) is 3.37. The molecule has 0 aliphatic rings. The Morgan fingerprint density at radius 3 is 2.90 bits per heavy atom. The number of carbonyl (C=O) groups is 1. The highest BCUT2D eigenvalue weighted by Crippen LogP contribution is 2.31. The molecule has 3 aromatic rings. The van der Waals surface area contributed by atoms with Gasteiger partial charge in [-0.3, -0.25) is 9.20 Å². The van der Waals surface area contributed by atoms with E-state index < -0.39 is 0 Å². The van der Waals surface area contributed by atoms with E-state index in [2.05, 4.69) is 20.9 Å². The van der Waals surface area contributed by atoms with Crippen LogP contribution in [0, 0.1) is 5.82 Å². The van der Waals surface area contributed by atoms with Gasteiger partial charge in [0.1, 0.15) is 17.2 Å². The van der Waals surface area contributed by atoms with E-state index >= 15 is 0 Å². The first-order chi connectivity index (χ1) is 9.69. The summed E-state index contributed by atoms with van der Waals surface area (Å²) in [5.41, 5.74) is 0.902. The van der Waals surface area contributed by atoms with Crippen LogP contribution in [0.4, 0.5) is 4.39 Å². The fourth-order valence-electron chi connectivity index (χ4n) is 1.84. The summed E-state index contributed by atoms with van der Waals surface area (Å²) in [6, 6.07) is 9.40. The lowest BCUT2D eigenvalue weighted by atomic mass is 10.3. The van der Waals surface area contributed by atoms with E-state index in [4.69, 9.17) is 4.74 Å². The van der Waals surface area contributed by atoms with Gasteiger partial charge in [0.15, 0.2) is 12.0 Å². The second-order valence-corrected chi connectivity index (χ2v) is 4.88. The van der Waals surface area contributed by atoms with Crippen molar-refractivity contribution in [3.8, 4) is 11.6 Å². The summed E-state index contributed by atoms with van der Waals surface area (Å²) in [6.07, 6.45) is 2.39. The third-order valence-electron chi connectivity index (χ3n) is 2.75. The monoisotopic (exact) mass is 334 g/mol. The first-order valence-corrected chi connectivity index (χ1v) is 6.53. The minimum Gasteiger partial charge on any atom is -0.436 e. The zero-order valence-electron chi connectivity index (χ0n) is 10.1. The molecule has 20 heavy (non-hydrogen) atoms. The van der Waals surface area contributed by atoms with Crippen molar-refractivity contribution in [1.82, 2.24) is 9.38 Å². The predicted molar refractivity (Wildman–Crippen MR) is 74.8 cm³/mol. The molecule has 2 aromatic heterocycles. The lowest BCUT2D eigenvalue weighted by Crippen LogP contribution is -1.93. The highest BCUT2D eigenvalue weighted by molar-refractivity contribution is 9.10. The van der Waals surface area contributed by atoms with Crippen molar-refractivity contribution in [2.24, 2.45) is 0 Å². The number of imidazole rings is 1. The van der Waals surface area contributed by atoms with Crippen molar-refractivity contribution < 1.29 is 13.9 Å². The number of rotatable bonds is 3. The molecule has 0 saturated carbocycles. The van der Waals surface area contributed by atoms with Crippen LogP contribution in [0.1, 0.15) is 10.5 Å². The van der Waals surface area contributed by atoms with Crippen LogP contribution in [-0.4, -0.2) is 15.7 Å². The summed E-state index contributed by atoms with van der Waals surface area (Å²) in [5, 5.41) is 0. The van der Waals surface area contributed by atoms with E-state index in [9.17, 15) is 9.18 Å². The predicted octanol–water partition coefficient (Wildman–Crippen LogP) is 3.84. The SMILES string of the molecule is O=Cc1c(Oc2ccc(F)cc2Br)nc2ccccn12. The topological polar surface area (TPSA) is 43.6 Å². The molecule has 0 aliphatic carbocycles. The van der Waals surface area contributed by atoms with Gasteiger partial charge in [-0.1, -0.05) is 6.07 Å². The fraction of sp³-hybridized carbons (Fsp3) is 0. The maximum Gasteiger partial charge on any atom is 0.249 e. The summed E-state index contributed by atoms with van der Waals surface area (Å²) in [6.45, 7) is 0. The normalized spacial score (nSPS) is 10.7. The lowest BCUT2D eigenvalue weighted by molar-refractivity contribution is 0.111. The molecule has 1 aromatic carbocycles. The fourth-order valence-corrected chi connectivity index (χ4v) is 2.27. The molecule has 2 heterocycles. The smallest absolute Gasteiger partial charge is 0.249 e. The second-order valence-electron chi connectivity index (χ2n) is 4.03. The Morgan fingerprint density at radius 2 is 2.15 bits per heavy atom. The Balaban J connectivity index is 2.08. The zero-order valence-corrected chi connectivity index (χ0v) is 11.7.